The Morgan fingerprint density at radius 3 is 2.67 bits per heavy atom. The quantitative estimate of drug-likeness (QED) is 0.665. The topological polar surface area (TPSA) is 87.0 Å². The van der Waals surface area contributed by atoms with Gasteiger partial charge in [-0.05, 0) is 12.0 Å². The first kappa shape index (κ1) is 12.1. The maximum absolute atomic E-state index is 11.0. The van der Waals surface area contributed by atoms with E-state index in [-0.39, 0.29) is 11.6 Å². The zero-order chi connectivity index (χ0) is 13.3. The largest absolute Gasteiger partial charge is 0.396 e. The number of hydrogen-bond donors (Lipinski definition) is 1. The normalized spacial score (nSPS) is 10.8. The fourth-order valence-electron chi connectivity index (χ4n) is 1.94. The third-order valence-electron chi connectivity index (χ3n) is 2.69. The Hall–Kier alpha value is -2.37. The molecular weight excluding hydrogens is 232 g/mol. The number of aromatic nitrogens is 2. The molecule has 1 aromatic heterocycles. The van der Waals surface area contributed by atoms with E-state index >= 15 is 0 Å². The Bertz CT molecular complexity index is 590. The highest BCUT2D eigenvalue weighted by Crippen LogP contribution is 2.29. The number of nitrogen functional groups attached to an aromatic ring is 1. The summed E-state index contributed by atoms with van der Waals surface area (Å²) in [5, 5.41) is 15.2. The van der Waals surface area contributed by atoms with E-state index in [4.69, 9.17) is 5.73 Å². The first-order valence-corrected chi connectivity index (χ1v) is 5.59. The lowest BCUT2D eigenvalue weighted by molar-refractivity contribution is -0.384. The Balaban J connectivity index is 2.66. The van der Waals surface area contributed by atoms with E-state index in [2.05, 4.69) is 5.10 Å². The predicted molar refractivity (Wildman–Crippen MR) is 68.7 cm³/mol. The molecule has 18 heavy (non-hydrogen) atoms. The second-order valence-corrected chi connectivity index (χ2v) is 4.30. The van der Waals surface area contributed by atoms with Gasteiger partial charge in [0.05, 0.1) is 22.5 Å². The van der Waals surface area contributed by atoms with Crippen molar-refractivity contribution in [2.75, 3.05) is 5.73 Å². The molecule has 0 saturated carbocycles. The van der Waals surface area contributed by atoms with Crippen LogP contribution in [0.3, 0.4) is 0 Å². The first-order valence-electron chi connectivity index (χ1n) is 5.59. The zero-order valence-electron chi connectivity index (χ0n) is 10.2. The van der Waals surface area contributed by atoms with Crippen molar-refractivity contribution < 1.29 is 4.92 Å². The third-order valence-corrected chi connectivity index (χ3v) is 2.69. The van der Waals surface area contributed by atoms with E-state index in [1.807, 2.05) is 13.8 Å². The molecule has 0 spiro atoms. The summed E-state index contributed by atoms with van der Waals surface area (Å²) in [6.45, 7) is 3.94. The van der Waals surface area contributed by atoms with Gasteiger partial charge in [0.15, 0.2) is 0 Å². The number of nitrogens with two attached hydrogens (primary N) is 1. The maximum atomic E-state index is 11.0. The minimum absolute atomic E-state index is 0.0162. The lowest BCUT2D eigenvalue weighted by Gasteiger charge is -2.11. The highest BCUT2D eigenvalue weighted by atomic mass is 16.6. The highest BCUT2D eigenvalue weighted by molar-refractivity contribution is 5.56. The summed E-state index contributed by atoms with van der Waals surface area (Å²) in [5.41, 5.74) is 7.63. The molecule has 1 heterocycles. The van der Waals surface area contributed by atoms with Gasteiger partial charge in [-0.3, -0.25) is 10.1 Å². The highest BCUT2D eigenvalue weighted by Gasteiger charge is 2.20. The Morgan fingerprint density at radius 1 is 1.39 bits per heavy atom. The van der Waals surface area contributed by atoms with Crippen molar-refractivity contribution in [1.29, 1.82) is 0 Å². The van der Waals surface area contributed by atoms with Gasteiger partial charge in [-0.25, -0.2) is 4.68 Å². The van der Waals surface area contributed by atoms with E-state index in [1.165, 1.54) is 16.9 Å². The van der Waals surface area contributed by atoms with Crippen LogP contribution in [-0.4, -0.2) is 14.7 Å². The molecular formula is C12H14N4O2. The second-order valence-electron chi connectivity index (χ2n) is 4.30. The number of rotatable bonds is 3. The van der Waals surface area contributed by atoms with Crippen molar-refractivity contribution in [2.45, 2.75) is 19.8 Å². The molecule has 0 aliphatic rings. The van der Waals surface area contributed by atoms with Crippen LogP contribution in [0.15, 0.2) is 30.5 Å². The van der Waals surface area contributed by atoms with Gasteiger partial charge in [0.1, 0.15) is 5.69 Å². The molecule has 2 rings (SSSR count). The molecule has 2 N–H and O–H groups in total. The molecule has 94 valence electrons. The van der Waals surface area contributed by atoms with Crippen LogP contribution < -0.4 is 5.73 Å². The predicted octanol–water partition coefficient (Wildman–Crippen LogP) is 2.49. The summed E-state index contributed by atoms with van der Waals surface area (Å²) >= 11 is 0. The Morgan fingerprint density at radius 2 is 2.06 bits per heavy atom. The molecule has 2 aromatic rings. The summed E-state index contributed by atoms with van der Waals surface area (Å²) in [7, 11) is 0. The van der Waals surface area contributed by atoms with Crippen LogP contribution in [0.4, 0.5) is 11.4 Å². The Kier molecular flexibility index (Phi) is 3.01. The average Bonchev–Trinajstić information content (AvgIpc) is 2.71. The van der Waals surface area contributed by atoms with Crippen molar-refractivity contribution in [3.63, 3.8) is 0 Å². The molecule has 0 radical (unpaired) electrons. The Labute approximate surface area is 104 Å². The summed E-state index contributed by atoms with van der Waals surface area (Å²) in [6, 6.07) is 6.49. The van der Waals surface area contributed by atoms with Crippen LogP contribution in [0.2, 0.25) is 0 Å². The van der Waals surface area contributed by atoms with Crippen molar-refractivity contribution in [2.24, 2.45) is 0 Å². The number of benzene rings is 1. The summed E-state index contributed by atoms with van der Waals surface area (Å²) in [4.78, 5) is 10.6. The molecule has 0 aliphatic carbocycles. The van der Waals surface area contributed by atoms with Crippen molar-refractivity contribution in [1.82, 2.24) is 9.78 Å². The van der Waals surface area contributed by atoms with Crippen LogP contribution in [-0.2, 0) is 0 Å². The van der Waals surface area contributed by atoms with Crippen LogP contribution in [0.25, 0.3) is 5.69 Å². The van der Waals surface area contributed by atoms with Crippen LogP contribution in [0, 0.1) is 10.1 Å². The average molecular weight is 246 g/mol. The molecule has 0 fully saturated rings. The lowest BCUT2D eigenvalue weighted by atomic mass is 10.1. The monoisotopic (exact) mass is 246 g/mol. The first-order chi connectivity index (χ1) is 8.52. The van der Waals surface area contributed by atoms with E-state index in [0.717, 1.165) is 5.69 Å². The van der Waals surface area contributed by atoms with E-state index < -0.39 is 4.92 Å². The number of nitro groups is 1. The van der Waals surface area contributed by atoms with Gasteiger partial charge in [-0.15, -0.1) is 0 Å². The van der Waals surface area contributed by atoms with E-state index in [1.54, 1.807) is 18.2 Å². The van der Waals surface area contributed by atoms with Crippen LogP contribution in [0.1, 0.15) is 25.5 Å². The van der Waals surface area contributed by atoms with Gasteiger partial charge >= 0.3 is 0 Å². The van der Waals surface area contributed by atoms with E-state index in [0.29, 0.717) is 11.4 Å². The van der Waals surface area contributed by atoms with Crippen molar-refractivity contribution in [3.8, 4) is 5.69 Å². The molecule has 0 bridgehead atoms. The fraction of sp³-hybridized carbons (Fsp3) is 0.250. The minimum atomic E-state index is -0.419. The number of anilines is 1. The van der Waals surface area contributed by atoms with Crippen LogP contribution in [0.5, 0.6) is 0 Å². The molecule has 0 atom stereocenters. The second kappa shape index (κ2) is 4.48. The van der Waals surface area contributed by atoms with Gasteiger partial charge < -0.3 is 5.73 Å². The van der Waals surface area contributed by atoms with Gasteiger partial charge in [-0.1, -0.05) is 26.0 Å². The lowest BCUT2D eigenvalue weighted by Crippen LogP contribution is -2.07. The summed E-state index contributed by atoms with van der Waals surface area (Å²) < 4.78 is 1.54. The molecule has 1 aromatic carbocycles. The molecule has 6 nitrogen and oxygen atoms in total. The summed E-state index contributed by atoms with van der Waals surface area (Å²) in [6.07, 6.45) is 1.52. The van der Waals surface area contributed by atoms with Gasteiger partial charge in [0, 0.05) is 6.07 Å². The molecule has 0 unspecified atom stereocenters. The molecule has 0 amide bonds. The van der Waals surface area contributed by atoms with Gasteiger partial charge in [0.25, 0.3) is 5.69 Å². The standard InChI is InChI=1S/C12H14N4O2/c1-8(2)12-9(13)7-14-15(12)10-5-3-4-6-11(10)16(17)18/h3-8H,13H2,1-2H3. The number of nitro benzene ring substituents is 1. The number of hydrogen-bond acceptors (Lipinski definition) is 4. The molecule has 0 saturated heterocycles. The van der Waals surface area contributed by atoms with Gasteiger partial charge in [-0.2, -0.15) is 5.10 Å². The van der Waals surface area contributed by atoms with Crippen LogP contribution >= 0.6 is 0 Å². The van der Waals surface area contributed by atoms with Gasteiger partial charge in [0.2, 0.25) is 0 Å². The zero-order valence-corrected chi connectivity index (χ0v) is 10.2. The number of nitrogens with zero attached hydrogens (tertiary/aromatic N) is 3. The number of para-hydroxylation sites is 2. The van der Waals surface area contributed by atoms with Crippen molar-refractivity contribution in [3.05, 3.63) is 46.3 Å². The van der Waals surface area contributed by atoms with Crippen molar-refractivity contribution >= 4 is 11.4 Å². The molecule has 0 aliphatic heterocycles. The minimum Gasteiger partial charge on any atom is -0.396 e. The maximum Gasteiger partial charge on any atom is 0.294 e. The molecule has 6 heteroatoms. The third kappa shape index (κ3) is 1.92. The summed E-state index contributed by atoms with van der Waals surface area (Å²) in [5.74, 6) is 0.132. The van der Waals surface area contributed by atoms with E-state index in [9.17, 15) is 10.1 Å². The SMILES string of the molecule is CC(C)c1c(N)cnn1-c1ccccc1[N+](=O)[O-]. The fourth-order valence-corrected chi connectivity index (χ4v) is 1.94. The smallest absolute Gasteiger partial charge is 0.294 e.